The molecule has 0 saturated carbocycles. The van der Waals surface area contributed by atoms with Crippen LogP contribution in [-0.2, 0) is 9.59 Å². The highest BCUT2D eigenvalue weighted by Gasteiger charge is 2.28. The van der Waals surface area contributed by atoms with Crippen LogP contribution in [0, 0.1) is 0 Å². The highest BCUT2D eigenvalue weighted by molar-refractivity contribution is 5.87. The molecule has 2 amide bonds. The lowest BCUT2D eigenvalue weighted by atomic mass is 10.2. The van der Waals surface area contributed by atoms with Gasteiger partial charge in [-0.15, -0.1) is 0 Å². The molecule has 0 aromatic heterocycles. The predicted octanol–water partition coefficient (Wildman–Crippen LogP) is -0.467. The summed E-state index contributed by atoms with van der Waals surface area (Å²) in [6.07, 6.45) is -2.89. The zero-order chi connectivity index (χ0) is 12.9. The number of rotatable bonds is 4. The van der Waals surface area contributed by atoms with Gasteiger partial charge in [0.2, 0.25) is 11.8 Å². The third kappa shape index (κ3) is 5.53. The molecule has 0 spiro atoms. The molecule has 1 aliphatic rings. The van der Waals surface area contributed by atoms with Gasteiger partial charge >= 0.3 is 6.18 Å². The first-order chi connectivity index (χ1) is 7.88. The van der Waals surface area contributed by atoms with Gasteiger partial charge < -0.3 is 16.0 Å². The summed E-state index contributed by atoms with van der Waals surface area (Å²) < 4.78 is 35.2. The highest BCUT2D eigenvalue weighted by atomic mass is 19.4. The van der Waals surface area contributed by atoms with Crippen LogP contribution in [0.2, 0.25) is 0 Å². The van der Waals surface area contributed by atoms with Gasteiger partial charge in [-0.2, -0.15) is 13.2 Å². The van der Waals surface area contributed by atoms with Crippen molar-refractivity contribution in [3.05, 3.63) is 0 Å². The molecule has 5 nitrogen and oxygen atoms in total. The topological polar surface area (TPSA) is 70.2 Å². The monoisotopic (exact) mass is 253 g/mol. The molecule has 1 aliphatic heterocycles. The van der Waals surface area contributed by atoms with E-state index in [1.807, 2.05) is 0 Å². The molecule has 17 heavy (non-hydrogen) atoms. The summed E-state index contributed by atoms with van der Waals surface area (Å²) in [5, 5.41) is 6.86. The Balaban J connectivity index is 2.17. The van der Waals surface area contributed by atoms with E-state index >= 15 is 0 Å². The van der Waals surface area contributed by atoms with E-state index in [9.17, 15) is 22.8 Å². The van der Waals surface area contributed by atoms with Crippen LogP contribution in [0.3, 0.4) is 0 Å². The maximum atomic E-state index is 11.7. The molecular formula is C9H14F3N3O2. The smallest absolute Gasteiger partial charge is 0.346 e. The second kappa shape index (κ2) is 5.85. The number of nitrogens with one attached hydrogen (secondary N) is 3. The molecule has 1 rings (SSSR count). The van der Waals surface area contributed by atoms with E-state index in [0.717, 1.165) is 13.0 Å². The molecular weight excluding hydrogens is 239 g/mol. The van der Waals surface area contributed by atoms with Gasteiger partial charge in [-0.3, -0.25) is 9.59 Å². The summed E-state index contributed by atoms with van der Waals surface area (Å²) in [5.41, 5.74) is 0. The third-order valence-electron chi connectivity index (χ3n) is 2.29. The minimum absolute atomic E-state index is 0.342. The Morgan fingerprint density at radius 1 is 1.29 bits per heavy atom. The zero-order valence-electron chi connectivity index (χ0n) is 9.06. The van der Waals surface area contributed by atoms with Crippen molar-refractivity contribution in [3.63, 3.8) is 0 Å². The first kappa shape index (κ1) is 13.8. The first-order valence-corrected chi connectivity index (χ1v) is 5.23. The van der Waals surface area contributed by atoms with E-state index in [0.29, 0.717) is 6.42 Å². The maximum absolute atomic E-state index is 11.7. The van der Waals surface area contributed by atoms with Gasteiger partial charge in [0, 0.05) is 0 Å². The normalized spacial score (nSPS) is 20.1. The molecule has 0 aromatic carbocycles. The van der Waals surface area contributed by atoms with Crippen molar-refractivity contribution < 1.29 is 22.8 Å². The van der Waals surface area contributed by atoms with Crippen LogP contribution in [0.4, 0.5) is 13.2 Å². The largest absolute Gasteiger partial charge is 0.405 e. The van der Waals surface area contributed by atoms with Gasteiger partial charge in [-0.25, -0.2) is 0 Å². The molecule has 3 N–H and O–H groups in total. The summed E-state index contributed by atoms with van der Waals surface area (Å²) in [6, 6.07) is -0.342. The zero-order valence-corrected chi connectivity index (χ0v) is 9.06. The van der Waals surface area contributed by atoms with Crippen LogP contribution < -0.4 is 16.0 Å². The van der Waals surface area contributed by atoms with Crippen molar-refractivity contribution in [2.75, 3.05) is 19.6 Å². The highest BCUT2D eigenvalue weighted by Crippen LogP contribution is 2.11. The van der Waals surface area contributed by atoms with Crippen molar-refractivity contribution in [2.45, 2.75) is 25.1 Å². The fourth-order valence-electron chi connectivity index (χ4n) is 1.46. The molecule has 1 saturated heterocycles. The standard InChI is InChI=1S/C9H14F3N3O2/c10-9(11,12)5-15-7(16)4-14-8(17)6-2-1-3-13-6/h6,13H,1-5H2,(H,14,17)(H,15,16). The van der Waals surface area contributed by atoms with Crippen molar-refractivity contribution in [3.8, 4) is 0 Å². The van der Waals surface area contributed by atoms with E-state index in [1.165, 1.54) is 0 Å². The van der Waals surface area contributed by atoms with E-state index in [1.54, 1.807) is 5.32 Å². The second-order valence-corrected chi connectivity index (χ2v) is 3.76. The van der Waals surface area contributed by atoms with Crippen molar-refractivity contribution in [2.24, 2.45) is 0 Å². The Labute approximate surface area is 96.1 Å². The Hall–Kier alpha value is -1.31. The lowest BCUT2D eigenvalue weighted by molar-refractivity contribution is -0.138. The number of carbonyl (C=O) groups is 2. The van der Waals surface area contributed by atoms with E-state index in [4.69, 9.17) is 0 Å². The Morgan fingerprint density at radius 3 is 2.53 bits per heavy atom. The number of carbonyl (C=O) groups excluding carboxylic acids is 2. The van der Waals surface area contributed by atoms with Crippen molar-refractivity contribution in [1.82, 2.24) is 16.0 Å². The summed E-state index contributed by atoms with van der Waals surface area (Å²) in [4.78, 5) is 22.3. The molecule has 8 heteroatoms. The number of hydrogen-bond acceptors (Lipinski definition) is 3. The van der Waals surface area contributed by atoms with Crippen LogP contribution in [0.1, 0.15) is 12.8 Å². The van der Waals surface area contributed by atoms with E-state index in [2.05, 4.69) is 10.6 Å². The van der Waals surface area contributed by atoms with Crippen LogP contribution in [-0.4, -0.2) is 43.7 Å². The molecule has 0 bridgehead atoms. The lowest BCUT2D eigenvalue weighted by Crippen LogP contribution is -2.46. The van der Waals surface area contributed by atoms with Gasteiger partial charge in [0.05, 0.1) is 12.6 Å². The lowest BCUT2D eigenvalue weighted by Gasteiger charge is -2.11. The quantitative estimate of drug-likeness (QED) is 0.634. The second-order valence-electron chi connectivity index (χ2n) is 3.76. The van der Waals surface area contributed by atoms with Crippen LogP contribution >= 0.6 is 0 Å². The maximum Gasteiger partial charge on any atom is 0.405 e. The van der Waals surface area contributed by atoms with Gasteiger partial charge in [0.1, 0.15) is 6.54 Å². The predicted molar refractivity (Wildman–Crippen MR) is 53.1 cm³/mol. The number of amides is 2. The molecule has 1 heterocycles. The Bertz CT molecular complexity index is 288. The molecule has 0 radical (unpaired) electrons. The molecule has 0 aliphatic carbocycles. The van der Waals surface area contributed by atoms with E-state index < -0.39 is 25.2 Å². The summed E-state index contributed by atoms with van der Waals surface area (Å²) in [6.45, 7) is -1.09. The molecule has 1 unspecified atom stereocenters. The minimum atomic E-state index is -4.44. The molecule has 0 aromatic rings. The van der Waals surface area contributed by atoms with Gasteiger partial charge in [0.15, 0.2) is 0 Å². The van der Waals surface area contributed by atoms with Crippen LogP contribution in [0.5, 0.6) is 0 Å². The van der Waals surface area contributed by atoms with Crippen LogP contribution in [0.15, 0.2) is 0 Å². The Kier molecular flexibility index (Phi) is 4.73. The SMILES string of the molecule is O=C(CNC(=O)C1CCCN1)NCC(F)(F)F. The first-order valence-electron chi connectivity index (χ1n) is 5.23. The third-order valence-corrected chi connectivity index (χ3v) is 2.29. The molecule has 1 atom stereocenters. The van der Waals surface area contributed by atoms with E-state index in [-0.39, 0.29) is 11.9 Å². The summed E-state index contributed by atoms with van der Waals surface area (Å²) in [5.74, 6) is -1.21. The van der Waals surface area contributed by atoms with Gasteiger partial charge in [-0.05, 0) is 19.4 Å². The van der Waals surface area contributed by atoms with Gasteiger partial charge in [-0.1, -0.05) is 0 Å². The minimum Gasteiger partial charge on any atom is -0.346 e. The number of halogens is 3. The molecule has 98 valence electrons. The summed E-state index contributed by atoms with van der Waals surface area (Å²) >= 11 is 0. The Morgan fingerprint density at radius 2 is 2.00 bits per heavy atom. The average Bonchev–Trinajstić information content (AvgIpc) is 2.75. The van der Waals surface area contributed by atoms with Gasteiger partial charge in [0.25, 0.3) is 0 Å². The van der Waals surface area contributed by atoms with Crippen molar-refractivity contribution in [1.29, 1.82) is 0 Å². The van der Waals surface area contributed by atoms with Crippen LogP contribution in [0.25, 0.3) is 0 Å². The average molecular weight is 253 g/mol. The fraction of sp³-hybridized carbons (Fsp3) is 0.778. The molecule has 1 fully saturated rings. The number of hydrogen-bond donors (Lipinski definition) is 3. The number of alkyl halides is 3. The summed E-state index contributed by atoms with van der Waals surface area (Å²) in [7, 11) is 0. The fourth-order valence-corrected chi connectivity index (χ4v) is 1.46. The van der Waals surface area contributed by atoms with Crippen molar-refractivity contribution >= 4 is 11.8 Å².